The minimum atomic E-state index is 0.511. The van der Waals surface area contributed by atoms with Crippen LogP contribution in [0.25, 0.3) is 0 Å². The summed E-state index contributed by atoms with van der Waals surface area (Å²) in [6.45, 7) is 11.2. The van der Waals surface area contributed by atoms with Crippen LogP contribution in [0.5, 0.6) is 0 Å². The molecular weight excluding hydrogens is 266 g/mol. The molecule has 0 fully saturated rings. The molecule has 1 heterocycles. The molecule has 1 N–H and O–H groups in total. The van der Waals surface area contributed by atoms with E-state index in [0.29, 0.717) is 6.04 Å². The molecule has 1 aromatic heterocycles. The number of fused-ring (bicyclic) bond motifs is 1. The first kappa shape index (κ1) is 15.9. The van der Waals surface area contributed by atoms with Crippen molar-refractivity contribution in [2.24, 2.45) is 0 Å². The maximum Gasteiger partial charge on any atom is 0.0944 e. The average molecular weight is 295 g/mol. The molecule has 1 atom stereocenters. The lowest BCUT2D eigenvalue weighted by molar-refractivity contribution is 0.307. The van der Waals surface area contributed by atoms with E-state index in [9.17, 15) is 0 Å². The molecular formula is C16H29N3S. The average Bonchev–Trinajstić information content (AvgIpc) is 2.89. The van der Waals surface area contributed by atoms with Gasteiger partial charge < -0.3 is 10.2 Å². The normalized spacial score (nSPS) is 18.5. The van der Waals surface area contributed by atoms with E-state index in [1.54, 1.807) is 4.88 Å². The molecule has 0 saturated carbocycles. The maximum atomic E-state index is 4.96. The highest BCUT2D eigenvalue weighted by molar-refractivity contribution is 7.11. The first-order valence-electron chi connectivity index (χ1n) is 8.22. The zero-order valence-corrected chi connectivity index (χ0v) is 14.1. The van der Waals surface area contributed by atoms with Gasteiger partial charge in [-0.25, -0.2) is 4.98 Å². The molecule has 0 saturated heterocycles. The minimum absolute atomic E-state index is 0.511. The summed E-state index contributed by atoms with van der Waals surface area (Å²) in [6.07, 6.45) is 6.12. The number of nitrogens with zero attached hydrogens (tertiary/aromatic N) is 2. The van der Waals surface area contributed by atoms with Crippen molar-refractivity contribution in [2.75, 3.05) is 26.2 Å². The van der Waals surface area contributed by atoms with Crippen LogP contribution in [-0.4, -0.2) is 36.1 Å². The maximum absolute atomic E-state index is 4.96. The number of aryl methyl sites for hydroxylation is 1. The third kappa shape index (κ3) is 4.03. The summed E-state index contributed by atoms with van der Waals surface area (Å²) >= 11 is 1.96. The quantitative estimate of drug-likeness (QED) is 0.796. The van der Waals surface area contributed by atoms with Crippen molar-refractivity contribution in [2.45, 2.75) is 58.9 Å². The van der Waals surface area contributed by atoms with E-state index in [4.69, 9.17) is 4.98 Å². The summed E-state index contributed by atoms with van der Waals surface area (Å²) < 4.78 is 0. The number of hydrogen-bond acceptors (Lipinski definition) is 4. The van der Waals surface area contributed by atoms with Crippen molar-refractivity contribution >= 4 is 11.3 Å². The van der Waals surface area contributed by atoms with E-state index >= 15 is 0 Å². The number of nitrogens with one attached hydrogen (secondary N) is 1. The van der Waals surface area contributed by atoms with Gasteiger partial charge in [-0.15, -0.1) is 11.3 Å². The Kier molecular flexibility index (Phi) is 6.46. The Balaban J connectivity index is 1.98. The van der Waals surface area contributed by atoms with E-state index in [1.165, 1.54) is 36.4 Å². The summed E-state index contributed by atoms with van der Waals surface area (Å²) in [5, 5.41) is 5.00. The third-order valence-corrected chi connectivity index (χ3v) is 5.37. The van der Waals surface area contributed by atoms with Gasteiger partial charge in [-0.1, -0.05) is 20.8 Å². The number of thiazole rings is 1. The second-order valence-electron chi connectivity index (χ2n) is 5.59. The van der Waals surface area contributed by atoms with E-state index < -0.39 is 0 Å². The number of likely N-dealkylation sites (N-methyl/N-ethyl adjacent to an activating group) is 1. The Hall–Kier alpha value is -0.450. The zero-order chi connectivity index (χ0) is 14.4. The van der Waals surface area contributed by atoms with Gasteiger partial charge in [0.2, 0.25) is 0 Å². The van der Waals surface area contributed by atoms with Crippen molar-refractivity contribution in [3.05, 3.63) is 15.6 Å². The van der Waals surface area contributed by atoms with Crippen molar-refractivity contribution < 1.29 is 0 Å². The summed E-state index contributed by atoms with van der Waals surface area (Å²) in [5.74, 6) is 0. The first-order chi connectivity index (χ1) is 9.78. The topological polar surface area (TPSA) is 28.2 Å². The first-order valence-corrected chi connectivity index (χ1v) is 9.04. The molecule has 0 bridgehead atoms. The fourth-order valence-corrected chi connectivity index (χ4v) is 4.05. The molecule has 2 rings (SSSR count). The van der Waals surface area contributed by atoms with E-state index in [2.05, 4.69) is 31.0 Å². The monoisotopic (exact) mass is 295 g/mol. The fraction of sp³-hybridized carbons (Fsp3) is 0.812. The largest absolute Gasteiger partial charge is 0.309 e. The van der Waals surface area contributed by atoms with Crippen LogP contribution in [0.15, 0.2) is 0 Å². The van der Waals surface area contributed by atoms with Crippen molar-refractivity contribution in [1.82, 2.24) is 15.2 Å². The van der Waals surface area contributed by atoms with Gasteiger partial charge >= 0.3 is 0 Å². The third-order valence-electron chi connectivity index (χ3n) is 4.18. The van der Waals surface area contributed by atoms with Gasteiger partial charge in [0.15, 0.2) is 0 Å². The Morgan fingerprint density at radius 1 is 1.30 bits per heavy atom. The lowest BCUT2D eigenvalue weighted by atomic mass is 9.97. The molecule has 4 heteroatoms. The van der Waals surface area contributed by atoms with Crippen LogP contribution >= 0.6 is 11.3 Å². The predicted molar refractivity (Wildman–Crippen MR) is 87.6 cm³/mol. The second kappa shape index (κ2) is 8.11. The molecule has 114 valence electrons. The van der Waals surface area contributed by atoms with Gasteiger partial charge in [0.25, 0.3) is 0 Å². The summed E-state index contributed by atoms with van der Waals surface area (Å²) in [5.41, 5.74) is 1.37. The highest BCUT2D eigenvalue weighted by Gasteiger charge is 2.24. The van der Waals surface area contributed by atoms with Crippen molar-refractivity contribution in [3.63, 3.8) is 0 Å². The lowest BCUT2D eigenvalue weighted by Crippen LogP contribution is -2.26. The molecule has 0 amide bonds. The molecule has 20 heavy (non-hydrogen) atoms. The highest BCUT2D eigenvalue weighted by Crippen LogP contribution is 2.33. The number of hydrogen-bond donors (Lipinski definition) is 1. The van der Waals surface area contributed by atoms with E-state index in [0.717, 1.165) is 32.6 Å². The Bertz CT molecular complexity index is 398. The van der Waals surface area contributed by atoms with Gasteiger partial charge in [-0.2, -0.15) is 0 Å². The number of aromatic nitrogens is 1. The van der Waals surface area contributed by atoms with Gasteiger partial charge in [0.1, 0.15) is 0 Å². The minimum Gasteiger partial charge on any atom is -0.309 e. The predicted octanol–water partition coefficient (Wildman–Crippen LogP) is 3.40. The Morgan fingerprint density at radius 3 is 2.80 bits per heavy atom. The molecule has 3 nitrogen and oxygen atoms in total. The molecule has 1 aromatic rings. The van der Waals surface area contributed by atoms with Crippen LogP contribution in [0, 0.1) is 0 Å². The molecule has 0 radical (unpaired) electrons. The molecule has 1 aliphatic carbocycles. The van der Waals surface area contributed by atoms with Crippen LogP contribution in [0.4, 0.5) is 0 Å². The SMILES string of the molecule is CCCNC1CCCc2sc(CCN(CC)CC)nc21. The van der Waals surface area contributed by atoms with Gasteiger partial charge in [-0.05, 0) is 45.3 Å². The van der Waals surface area contributed by atoms with Gasteiger partial charge in [-0.3, -0.25) is 0 Å². The zero-order valence-electron chi connectivity index (χ0n) is 13.2. The fourth-order valence-electron chi connectivity index (χ4n) is 2.89. The van der Waals surface area contributed by atoms with E-state index in [1.807, 2.05) is 11.3 Å². The van der Waals surface area contributed by atoms with Gasteiger partial charge in [0.05, 0.1) is 16.7 Å². The standard InChI is InChI=1S/C16H29N3S/c1-4-11-17-13-8-7-9-14-16(13)18-15(20-14)10-12-19(5-2)6-3/h13,17H,4-12H2,1-3H3. The molecule has 1 unspecified atom stereocenters. The molecule has 0 aromatic carbocycles. The Labute approximate surface area is 127 Å². The second-order valence-corrected chi connectivity index (χ2v) is 6.76. The highest BCUT2D eigenvalue weighted by atomic mass is 32.1. The summed E-state index contributed by atoms with van der Waals surface area (Å²) in [7, 11) is 0. The van der Waals surface area contributed by atoms with Gasteiger partial charge in [0, 0.05) is 17.8 Å². The molecule has 0 aliphatic heterocycles. The van der Waals surface area contributed by atoms with Crippen LogP contribution in [0.2, 0.25) is 0 Å². The molecule has 1 aliphatic rings. The number of rotatable bonds is 8. The summed E-state index contributed by atoms with van der Waals surface area (Å²) in [6, 6.07) is 0.511. The Morgan fingerprint density at radius 2 is 2.10 bits per heavy atom. The van der Waals surface area contributed by atoms with Crippen molar-refractivity contribution in [3.8, 4) is 0 Å². The van der Waals surface area contributed by atoms with Crippen LogP contribution in [-0.2, 0) is 12.8 Å². The lowest BCUT2D eigenvalue weighted by Gasteiger charge is -2.22. The van der Waals surface area contributed by atoms with Crippen LogP contribution < -0.4 is 5.32 Å². The smallest absolute Gasteiger partial charge is 0.0944 e. The molecule has 0 spiro atoms. The van der Waals surface area contributed by atoms with Crippen LogP contribution in [0.3, 0.4) is 0 Å². The van der Waals surface area contributed by atoms with Crippen molar-refractivity contribution in [1.29, 1.82) is 0 Å². The van der Waals surface area contributed by atoms with Crippen LogP contribution in [0.1, 0.15) is 61.7 Å². The van der Waals surface area contributed by atoms with E-state index in [-0.39, 0.29) is 0 Å². The summed E-state index contributed by atoms with van der Waals surface area (Å²) in [4.78, 5) is 8.98.